The first-order valence-electron chi connectivity index (χ1n) is 10.8. The molecule has 0 bridgehead atoms. The van der Waals surface area contributed by atoms with Crippen LogP contribution in [0.2, 0.25) is 0 Å². The van der Waals surface area contributed by atoms with E-state index >= 15 is 0 Å². The molecule has 7 heteroatoms. The first-order valence-corrected chi connectivity index (χ1v) is 10.8. The highest BCUT2D eigenvalue weighted by Gasteiger charge is 2.29. The molecule has 0 atom stereocenters. The first kappa shape index (κ1) is 21.5. The number of carbonyl (C=O) groups excluding carboxylic acids is 1. The van der Waals surface area contributed by atoms with Gasteiger partial charge in [-0.15, -0.1) is 0 Å². The van der Waals surface area contributed by atoms with Gasteiger partial charge >= 0.3 is 0 Å². The molecule has 1 fully saturated rings. The Morgan fingerprint density at radius 2 is 1.62 bits per heavy atom. The summed E-state index contributed by atoms with van der Waals surface area (Å²) < 4.78 is 0. The maximum atomic E-state index is 13.6. The summed E-state index contributed by atoms with van der Waals surface area (Å²) in [5, 5.41) is 18.1. The van der Waals surface area contributed by atoms with E-state index in [1.807, 2.05) is 60.7 Å². The third-order valence-electron chi connectivity index (χ3n) is 5.68. The largest absolute Gasteiger partial charge is 0.375 e. The fourth-order valence-corrected chi connectivity index (χ4v) is 3.99. The van der Waals surface area contributed by atoms with E-state index in [1.54, 1.807) is 17.0 Å². The number of benzene rings is 3. The Kier molecular flexibility index (Phi) is 6.77. The van der Waals surface area contributed by atoms with E-state index in [2.05, 4.69) is 10.6 Å². The average molecular weight is 431 g/mol. The average Bonchev–Trinajstić information content (AvgIpc) is 2.84. The summed E-state index contributed by atoms with van der Waals surface area (Å²) >= 11 is 0. The smallest absolute Gasteiger partial charge is 0.292 e. The fourth-order valence-electron chi connectivity index (χ4n) is 3.99. The summed E-state index contributed by atoms with van der Waals surface area (Å²) in [6, 6.07) is 24.0. The van der Waals surface area contributed by atoms with E-state index in [0.29, 0.717) is 17.9 Å². The Hall–Kier alpha value is -3.71. The van der Waals surface area contributed by atoms with Crippen LogP contribution in [-0.4, -0.2) is 23.9 Å². The van der Waals surface area contributed by atoms with E-state index < -0.39 is 4.92 Å². The number of anilines is 3. The molecule has 1 aliphatic heterocycles. The lowest BCUT2D eigenvalue weighted by molar-refractivity contribution is -0.384. The maximum Gasteiger partial charge on any atom is 0.292 e. The van der Waals surface area contributed by atoms with Crippen molar-refractivity contribution < 1.29 is 9.72 Å². The lowest BCUT2D eigenvalue weighted by Gasteiger charge is -2.30. The second kappa shape index (κ2) is 10.1. The zero-order valence-electron chi connectivity index (χ0n) is 17.7. The zero-order chi connectivity index (χ0) is 22.3. The molecule has 32 heavy (non-hydrogen) atoms. The van der Waals surface area contributed by atoms with Gasteiger partial charge in [0.15, 0.2) is 0 Å². The quantitative estimate of drug-likeness (QED) is 0.412. The number of amides is 1. The van der Waals surface area contributed by atoms with Gasteiger partial charge in [-0.2, -0.15) is 0 Å². The number of carbonyl (C=O) groups is 1. The van der Waals surface area contributed by atoms with Gasteiger partial charge in [-0.1, -0.05) is 48.5 Å². The molecule has 0 aromatic heterocycles. The van der Waals surface area contributed by atoms with Gasteiger partial charge < -0.3 is 10.6 Å². The third kappa shape index (κ3) is 4.95. The van der Waals surface area contributed by atoms with Crippen molar-refractivity contribution in [2.45, 2.75) is 19.4 Å². The number of hydrogen-bond donors (Lipinski definition) is 2. The second-order valence-electron chi connectivity index (χ2n) is 7.83. The highest BCUT2D eigenvalue weighted by molar-refractivity contribution is 6.02. The van der Waals surface area contributed by atoms with Crippen molar-refractivity contribution in [3.63, 3.8) is 0 Å². The van der Waals surface area contributed by atoms with E-state index in [1.165, 1.54) is 6.07 Å². The minimum atomic E-state index is -0.404. The standard InChI is InChI=1S/C25H26N4O3/c30-25(20-13-15-26-16-14-20)28(21-9-5-2-6-10-21)22-11-12-24(29(31)32)23(17-22)27-18-19-7-3-1-4-8-19/h1-12,17,20,26-27H,13-16,18H2. The second-order valence-corrected chi connectivity index (χ2v) is 7.83. The van der Waals surface area contributed by atoms with Crippen molar-refractivity contribution in [2.75, 3.05) is 23.3 Å². The van der Waals surface area contributed by atoms with Gasteiger partial charge in [0.05, 0.1) is 10.6 Å². The van der Waals surface area contributed by atoms with Crippen molar-refractivity contribution in [1.82, 2.24) is 5.32 Å². The molecule has 164 valence electrons. The van der Waals surface area contributed by atoms with Gasteiger partial charge in [0.2, 0.25) is 5.91 Å². The molecule has 7 nitrogen and oxygen atoms in total. The lowest BCUT2D eigenvalue weighted by atomic mass is 9.96. The molecule has 0 spiro atoms. The molecule has 0 radical (unpaired) electrons. The van der Waals surface area contributed by atoms with Crippen molar-refractivity contribution >= 4 is 28.7 Å². The summed E-state index contributed by atoms with van der Waals surface area (Å²) in [6.07, 6.45) is 1.54. The minimum absolute atomic E-state index is 0.0144. The van der Waals surface area contributed by atoms with Crippen LogP contribution in [0.3, 0.4) is 0 Å². The number of nitro benzene ring substituents is 1. The Balaban J connectivity index is 1.70. The topological polar surface area (TPSA) is 87.5 Å². The van der Waals surface area contributed by atoms with Crippen molar-refractivity contribution in [3.8, 4) is 0 Å². The van der Waals surface area contributed by atoms with Crippen molar-refractivity contribution in [1.29, 1.82) is 0 Å². The molecule has 0 unspecified atom stereocenters. The summed E-state index contributed by atoms with van der Waals surface area (Å²) in [5.41, 5.74) is 2.74. The van der Waals surface area contributed by atoms with Crippen LogP contribution in [0.25, 0.3) is 0 Å². The Morgan fingerprint density at radius 1 is 0.969 bits per heavy atom. The number of nitro groups is 1. The van der Waals surface area contributed by atoms with Crippen LogP contribution in [0.5, 0.6) is 0 Å². The Labute approximate surface area is 187 Å². The SMILES string of the molecule is O=C(C1CCNCC1)N(c1ccccc1)c1ccc([N+](=O)[O-])c(NCc2ccccc2)c1. The fraction of sp³-hybridized carbons (Fsp3) is 0.240. The summed E-state index contributed by atoms with van der Waals surface area (Å²) in [7, 11) is 0. The number of para-hydroxylation sites is 1. The van der Waals surface area contributed by atoms with Gasteiger partial charge in [-0.3, -0.25) is 19.8 Å². The molecular weight excluding hydrogens is 404 g/mol. The van der Waals surface area contributed by atoms with Crippen LogP contribution in [0.4, 0.5) is 22.7 Å². The molecule has 1 saturated heterocycles. The molecular formula is C25H26N4O3. The molecule has 2 N–H and O–H groups in total. The number of piperidine rings is 1. The molecule has 4 rings (SSSR count). The minimum Gasteiger partial charge on any atom is -0.375 e. The van der Waals surface area contributed by atoms with Crippen LogP contribution >= 0.6 is 0 Å². The first-order chi connectivity index (χ1) is 15.6. The third-order valence-corrected chi connectivity index (χ3v) is 5.68. The Bertz CT molecular complexity index is 1070. The summed E-state index contributed by atoms with van der Waals surface area (Å²) in [4.78, 5) is 26.5. The number of hydrogen-bond acceptors (Lipinski definition) is 5. The number of rotatable bonds is 7. The van der Waals surface area contributed by atoms with Crippen LogP contribution in [0.1, 0.15) is 18.4 Å². The van der Waals surface area contributed by atoms with E-state index in [0.717, 1.165) is 37.2 Å². The van der Waals surface area contributed by atoms with Crippen molar-refractivity contribution in [3.05, 3.63) is 94.5 Å². The maximum absolute atomic E-state index is 13.6. The Morgan fingerprint density at radius 3 is 2.28 bits per heavy atom. The number of nitrogens with zero attached hydrogens (tertiary/aromatic N) is 2. The summed E-state index contributed by atoms with van der Waals surface area (Å²) in [5.74, 6) is -0.0760. The van der Waals surface area contributed by atoms with Crippen LogP contribution in [-0.2, 0) is 11.3 Å². The van der Waals surface area contributed by atoms with Gasteiger partial charge in [0.25, 0.3) is 5.69 Å². The monoisotopic (exact) mass is 430 g/mol. The molecule has 3 aromatic rings. The van der Waals surface area contributed by atoms with Gasteiger partial charge in [-0.05, 0) is 55.8 Å². The normalized spacial score (nSPS) is 14.0. The molecule has 0 saturated carbocycles. The lowest BCUT2D eigenvalue weighted by Crippen LogP contribution is -2.39. The van der Waals surface area contributed by atoms with Crippen molar-refractivity contribution in [2.24, 2.45) is 5.92 Å². The highest BCUT2D eigenvalue weighted by atomic mass is 16.6. The van der Waals surface area contributed by atoms with Gasteiger partial charge in [0.1, 0.15) is 5.69 Å². The van der Waals surface area contributed by atoms with Crippen LogP contribution in [0.15, 0.2) is 78.9 Å². The predicted molar refractivity (Wildman–Crippen MR) is 126 cm³/mol. The van der Waals surface area contributed by atoms with E-state index in [-0.39, 0.29) is 17.5 Å². The van der Waals surface area contributed by atoms with Crippen LogP contribution < -0.4 is 15.5 Å². The van der Waals surface area contributed by atoms with E-state index in [4.69, 9.17) is 0 Å². The summed E-state index contributed by atoms with van der Waals surface area (Å²) in [6.45, 7) is 2.06. The van der Waals surface area contributed by atoms with E-state index in [9.17, 15) is 14.9 Å². The molecule has 1 heterocycles. The molecule has 3 aromatic carbocycles. The predicted octanol–water partition coefficient (Wildman–Crippen LogP) is 4.87. The number of nitrogens with one attached hydrogen (secondary N) is 2. The van der Waals surface area contributed by atoms with Gasteiger partial charge in [0, 0.05) is 24.2 Å². The van der Waals surface area contributed by atoms with Gasteiger partial charge in [-0.25, -0.2) is 0 Å². The highest BCUT2D eigenvalue weighted by Crippen LogP contribution is 2.35. The zero-order valence-corrected chi connectivity index (χ0v) is 17.7. The van der Waals surface area contributed by atoms with Crippen LogP contribution in [0, 0.1) is 16.0 Å². The molecule has 1 aliphatic rings. The molecule has 1 amide bonds. The molecule has 0 aliphatic carbocycles.